The summed E-state index contributed by atoms with van der Waals surface area (Å²) in [5.74, 6) is 0. The zero-order chi connectivity index (χ0) is 8.73. The quantitative estimate of drug-likeness (QED) is 0.249. The summed E-state index contributed by atoms with van der Waals surface area (Å²) in [6.07, 6.45) is 0. The third-order valence-electron chi connectivity index (χ3n) is 0.183. The van der Waals surface area contributed by atoms with Crippen LogP contribution in [0.3, 0.4) is 0 Å². The molecule has 0 fully saturated rings. The number of rotatable bonds is 1. The van der Waals surface area contributed by atoms with Gasteiger partial charge in [0.15, 0.2) is 0 Å². The Hall–Kier alpha value is 1.78. The van der Waals surface area contributed by atoms with Crippen molar-refractivity contribution in [3.63, 3.8) is 0 Å². The van der Waals surface area contributed by atoms with Gasteiger partial charge in [0.2, 0.25) is 0 Å². The van der Waals surface area contributed by atoms with Crippen LogP contribution in [0.25, 0.3) is 0 Å². The van der Waals surface area contributed by atoms with Crippen molar-refractivity contribution in [3.8, 4) is 0 Å². The fraction of sp³-hybridized carbons (Fsp3) is 0. The minimum Gasteiger partial charge on any atom is -0.907 e. The molecule has 0 atom stereocenters. The van der Waals surface area contributed by atoms with Gasteiger partial charge in [-0.2, -0.15) is 0 Å². The summed E-state index contributed by atoms with van der Waals surface area (Å²) in [5.41, 5.74) is 0. The third-order valence-corrected chi connectivity index (χ3v) is 0.766. The summed E-state index contributed by atoms with van der Waals surface area (Å²) in [4.78, 5) is 19.2. The molecule has 58 valence electrons. The molecule has 0 rings (SSSR count). The van der Waals surface area contributed by atoms with E-state index >= 15 is 0 Å². The van der Waals surface area contributed by atoms with Gasteiger partial charge in [0.1, 0.15) is 0 Å². The van der Waals surface area contributed by atoms with Crippen molar-refractivity contribution in [2.75, 3.05) is 0 Å². The van der Waals surface area contributed by atoms with Crippen LogP contribution in [0, 0.1) is 0 Å². The summed E-state index contributed by atoms with van der Waals surface area (Å²) in [5, 5.41) is 23.6. The Balaban J connectivity index is -0.0000000279. The maximum Gasteiger partial charge on any atom is 1.00 e. The molecule has 0 spiro atoms. The number of carbonyl (C=O) groups excluding carboxylic acids is 2. The van der Waals surface area contributed by atoms with E-state index < -0.39 is 17.6 Å². The minimum absolute atomic E-state index is 0. The van der Waals surface area contributed by atoms with Gasteiger partial charge >= 0.3 is 56.6 Å². The van der Waals surface area contributed by atoms with Gasteiger partial charge in [-0.3, -0.25) is 16.9 Å². The van der Waals surface area contributed by atoms with E-state index in [4.69, 9.17) is 15.1 Å². The second-order valence-electron chi connectivity index (χ2n) is 0.899. The van der Waals surface area contributed by atoms with E-state index in [1.165, 1.54) is 0 Å². The summed E-state index contributed by atoms with van der Waals surface area (Å²) in [6.45, 7) is 0. The van der Waals surface area contributed by atoms with E-state index in [0.717, 1.165) is 0 Å². The normalized spacial score (nSPS) is 5.62. The maximum absolute atomic E-state index is 9.58. The monoisotopic (exact) mass is 202 g/mol. The van der Waals surface area contributed by atoms with Crippen molar-refractivity contribution in [1.29, 1.82) is 0 Å². The van der Waals surface area contributed by atoms with Gasteiger partial charge < -0.3 is 15.1 Å². The molecule has 0 aliphatic heterocycles. The fourth-order valence-corrected chi connectivity index (χ4v) is 0. The van der Waals surface area contributed by atoms with Crippen LogP contribution in [-0.2, 0) is 9.59 Å². The predicted molar refractivity (Wildman–Crippen MR) is 33.7 cm³/mol. The summed E-state index contributed by atoms with van der Waals surface area (Å²) in [7, 11) is -2.92. The van der Waals surface area contributed by atoms with Gasteiger partial charge in [0.25, 0.3) is 10.2 Å². The first-order valence-electron chi connectivity index (χ1n) is 1.81. The molecule has 0 aliphatic rings. The first kappa shape index (κ1) is 29.3. The minimum atomic E-state index is -2.92. The van der Waals surface area contributed by atoms with E-state index in [-0.39, 0.29) is 56.6 Å². The Labute approximate surface area is 123 Å². The van der Waals surface area contributed by atoms with Crippen LogP contribution in [0.15, 0.2) is 0 Å². The van der Waals surface area contributed by atoms with Crippen LogP contribution in [-0.4, -0.2) is 17.6 Å². The molecule has 0 aromatic rings. The standard InChI is InChI=1S/C2H2O2S2.BO3.3Li/c3-1(5)2(4)6;2-1(3)4;;;/h(H,3,5)(H,4,6);;;;/q;-3;3*+1. The fourth-order valence-electron chi connectivity index (χ4n) is 0. The van der Waals surface area contributed by atoms with Crippen LogP contribution in [0.1, 0.15) is 0 Å². The molecule has 11 heteroatoms. The van der Waals surface area contributed by atoms with Crippen LogP contribution in [0.2, 0.25) is 0 Å². The topological polar surface area (TPSA) is 103 Å². The molecule has 0 aliphatic carbocycles. The Morgan fingerprint density at radius 1 is 0.846 bits per heavy atom. The van der Waals surface area contributed by atoms with Crippen molar-refractivity contribution >= 4 is 42.8 Å². The van der Waals surface area contributed by atoms with Crippen LogP contribution in [0.4, 0.5) is 0 Å². The first-order chi connectivity index (χ1) is 4.37. The number of hydrogen-bond acceptors (Lipinski definition) is 5. The van der Waals surface area contributed by atoms with Gasteiger partial charge in [-0.25, -0.2) is 0 Å². The van der Waals surface area contributed by atoms with Gasteiger partial charge in [-0.1, -0.05) is 25.3 Å². The zero-order valence-electron chi connectivity index (χ0n) is 7.51. The Morgan fingerprint density at radius 2 is 0.923 bits per heavy atom. The zero-order valence-corrected chi connectivity index (χ0v) is 9.30. The Morgan fingerprint density at radius 3 is 0.923 bits per heavy atom. The largest absolute Gasteiger partial charge is 1.00 e. The van der Waals surface area contributed by atoms with E-state index in [1.54, 1.807) is 0 Å². The van der Waals surface area contributed by atoms with E-state index in [9.17, 15) is 9.59 Å². The average Bonchev–Trinajstić information content (AvgIpc) is 1.63. The van der Waals surface area contributed by atoms with Crippen molar-refractivity contribution in [2.45, 2.75) is 0 Å². The Bertz CT molecular complexity index is 120. The van der Waals surface area contributed by atoms with Crippen LogP contribution >= 0.6 is 25.3 Å². The van der Waals surface area contributed by atoms with Crippen molar-refractivity contribution < 1.29 is 81.2 Å². The van der Waals surface area contributed by atoms with Crippen LogP contribution < -0.4 is 71.7 Å². The van der Waals surface area contributed by atoms with Gasteiger partial charge in [-0.05, 0) is 0 Å². The molecular weight excluding hydrogens is 200 g/mol. The molecule has 0 radical (unpaired) electrons. The summed E-state index contributed by atoms with van der Waals surface area (Å²) >= 11 is 6.26. The molecule has 0 amide bonds. The van der Waals surface area contributed by atoms with E-state index in [0.29, 0.717) is 0 Å². The maximum atomic E-state index is 9.58. The molecule has 0 saturated heterocycles. The van der Waals surface area contributed by atoms with Crippen molar-refractivity contribution in [2.24, 2.45) is 0 Å². The third kappa shape index (κ3) is 57.3. The van der Waals surface area contributed by atoms with Gasteiger partial charge in [-0.15, -0.1) is 0 Å². The number of carbonyl (C=O) groups is 2. The van der Waals surface area contributed by atoms with Gasteiger partial charge in [0.05, 0.1) is 0 Å². The molecule has 0 bridgehead atoms. The van der Waals surface area contributed by atoms with E-state index in [2.05, 4.69) is 25.3 Å². The van der Waals surface area contributed by atoms with E-state index in [1.807, 2.05) is 0 Å². The molecule has 0 saturated carbocycles. The number of thiol groups is 2. The summed E-state index contributed by atoms with van der Waals surface area (Å²) in [6, 6.07) is 0. The molecule has 13 heavy (non-hydrogen) atoms. The molecule has 0 unspecified atom stereocenters. The van der Waals surface area contributed by atoms with Crippen molar-refractivity contribution in [3.05, 3.63) is 0 Å². The molecule has 0 N–H and O–H groups in total. The predicted octanol–water partition coefficient (Wildman–Crippen LogP) is -13.0. The SMILES string of the molecule is O=C(S)C(=O)S.[Li+].[Li+].[Li+].[O-]B([O-])[O-]. The molecular formula is C2H2BLi3O5S2. The molecule has 0 aromatic carbocycles. The smallest absolute Gasteiger partial charge is 0.907 e. The van der Waals surface area contributed by atoms with Gasteiger partial charge in [0, 0.05) is 0 Å². The van der Waals surface area contributed by atoms with Crippen molar-refractivity contribution in [1.82, 2.24) is 0 Å². The second kappa shape index (κ2) is 19.4. The molecule has 5 nitrogen and oxygen atoms in total. The first-order valence-corrected chi connectivity index (χ1v) is 2.71. The number of hydrogen-bond donors (Lipinski definition) is 2. The van der Waals surface area contributed by atoms with Crippen LogP contribution in [0.5, 0.6) is 0 Å². The Kier molecular flexibility index (Phi) is 43.7. The molecule has 0 aromatic heterocycles. The second-order valence-corrected chi connectivity index (χ2v) is 1.71. The average molecular weight is 202 g/mol. The summed E-state index contributed by atoms with van der Waals surface area (Å²) < 4.78 is 0. The molecule has 0 heterocycles.